The van der Waals surface area contributed by atoms with Crippen LogP contribution in [-0.4, -0.2) is 62.2 Å². The summed E-state index contributed by atoms with van der Waals surface area (Å²) in [6.07, 6.45) is -2.80. The number of carbonyl (C=O) groups excluding carboxylic acids is 1. The summed E-state index contributed by atoms with van der Waals surface area (Å²) >= 11 is 0. The van der Waals surface area contributed by atoms with Gasteiger partial charge in [0.1, 0.15) is 6.04 Å². The molecule has 1 aliphatic heterocycles. The van der Waals surface area contributed by atoms with Gasteiger partial charge in [0.2, 0.25) is 16.3 Å². The van der Waals surface area contributed by atoms with E-state index < -0.39 is 41.5 Å². The first-order chi connectivity index (χ1) is 8.73. The molecule has 112 valence electrons. The maximum Gasteiger partial charge on any atom is 1.00 e. The third-order valence-electron chi connectivity index (χ3n) is 2.54. The molecular formula is C9H16NNaO8S. The molecular weight excluding hydrogens is 305 g/mol. The number of nitrogens with one attached hydrogen (secondary N) is 1. The molecule has 0 aromatic rings. The number of aliphatic hydroxyl groups excluding tert-OH is 1. The van der Waals surface area contributed by atoms with Crippen molar-refractivity contribution in [3.63, 3.8) is 0 Å². The van der Waals surface area contributed by atoms with Gasteiger partial charge in [-0.15, -0.1) is 0 Å². The Morgan fingerprint density at radius 1 is 1.55 bits per heavy atom. The Balaban J connectivity index is 0.00000361. The van der Waals surface area contributed by atoms with Crippen LogP contribution in [0, 0.1) is 0 Å². The Morgan fingerprint density at radius 3 is 2.60 bits per heavy atom. The summed E-state index contributed by atoms with van der Waals surface area (Å²) in [5, 5.41) is 12.3. The summed E-state index contributed by atoms with van der Waals surface area (Å²) in [5.74, 6) is -0.369. The van der Waals surface area contributed by atoms with Crippen molar-refractivity contribution in [1.29, 1.82) is 0 Å². The minimum Gasteiger partial charge on any atom is -0.726 e. The molecule has 0 aromatic carbocycles. The van der Waals surface area contributed by atoms with Crippen LogP contribution in [-0.2, 0) is 28.9 Å². The normalized spacial score (nSPS) is 30.4. The first-order valence-corrected chi connectivity index (χ1v) is 6.80. The van der Waals surface area contributed by atoms with Gasteiger partial charge in [0, 0.05) is 20.5 Å². The zero-order valence-corrected chi connectivity index (χ0v) is 14.3. The second-order valence-electron chi connectivity index (χ2n) is 4.08. The van der Waals surface area contributed by atoms with Gasteiger partial charge in [0.25, 0.3) is 0 Å². The van der Waals surface area contributed by atoms with E-state index in [9.17, 15) is 22.9 Å². The van der Waals surface area contributed by atoms with E-state index in [1.807, 2.05) is 0 Å². The van der Waals surface area contributed by atoms with Crippen molar-refractivity contribution < 1.29 is 66.1 Å². The number of amides is 1. The minimum absolute atomic E-state index is 0. The summed E-state index contributed by atoms with van der Waals surface area (Å²) in [7, 11) is -3.51. The number of hydrogen-bond donors (Lipinski definition) is 2. The molecule has 0 aromatic heterocycles. The van der Waals surface area contributed by atoms with Gasteiger partial charge in [-0.05, 0) is 0 Å². The molecule has 4 atom stereocenters. The molecule has 1 amide bonds. The van der Waals surface area contributed by atoms with Gasteiger partial charge >= 0.3 is 29.6 Å². The molecule has 0 spiro atoms. The third kappa shape index (κ3) is 6.78. The van der Waals surface area contributed by atoms with Crippen molar-refractivity contribution in [1.82, 2.24) is 5.32 Å². The molecule has 20 heavy (non-hydrogen) atoms. The number of aliphatic hydroxyl groups is 1. The maximum absolute atomic E-state index is 11.0. The van der Waals surface area contributed by atoms with Crippen LogP contribution in [0.5, 0.6) is 0 Å². The molecule has 0 saturated carbocycles. The van der Waals surface area contributed by atoms with Gasteiger partial charge < -0.3 is 24.4 Å². The second-order valence-corrected chi connectivity index (χ2v) is 5.14. The summed E-state index contributed by atoms with van der Waals surface area (Å²) in [5.41, 5.74) is 0. The zero-order valence-electron chi connectivity index (χ0n) is 11.4. The summed E-state index contributed by atoms with van der Waals surface area (Å²) < 4.78 is 45.3. The average molecular weight is 321 g/mol. The molecule has 4 unspecified atom stereocenters. The molecule has 0 aliphatic carbocycles. The average Bonchev–Trinajstić information content (AvgIpc) is 2.28. The van der Waals surface area contributed by atoms with Gasteiger partial charge in [-0.3, -0.25) is 8.98 Å². The maximum atomic E-state index is 11.0. The fourth-order valence-corrected chi connectivity index (χ4v) is 2.11. The van der Waals surface area contributed by atoms with E-state index in [0.717, 1.165) is 0 Å². The van der Waals surface area contributed by atoms with Crippen molar-refractivity contribution in [2.45, 2.75) is 37.9 Å². The van der Waals surface area contributed by atoms with Gasteiger partial charge in [-0.2, -0.15) is 0 Å². The van der Waals surface area contributed by atoms with Crippen LogP contribution in [0.15, 0.2) is 0 Å². The van der Waals surface area contributed by atoms with Crippen molar-refractivity contribution in [3.05, 3.63) is 0 Å². The first kappa shape index (κ1) is 20.2. The monoisotopic (exact) mass is 321 g/mol. The SMILES string of the molecule is COC1OC(COS(=O)(=O)[O-])CC(O)C1NC(C)=O.[Na+]. The molecule has 1 heterocycles. The van der Waals surface area contributed by atoms with Crippen LogP contribution in [0.3, 0.4) is 0 Å². The Morgan fingerprint density at radius 2 is 2.15 bits per heavy atom. The van der Waals surface area contributed by atoms with Crippen LogP contribution in [0.2, 0.25) is 0 Å². The minimum atomic E-state index is -4.82. The zero-order chi connectivity index (χ0) is 14.6. The van der Waals surface area contributed by atoms with E-state index in [2.05, 4.69) is 9.50 Å². The molecule has 1 fully saturated rings. The Labute approximate surface area is 139 Å². The fraction of sp³-hybridized carbons (Fsp3) is 0.889. The van der Waals surface area contributed by atoms with Crippen LogP contribution in [0.4, 0.5) is 0 Å². The summed E-state index contributed by atoms with van der Waals surface area (Å²) in [6, 6.07) is -0.775. The number of ether oxygens (including phenoxy) is 2. The molecule has 1 rings (SSSR count). The predicted molar refractivity (Wildman–Crippen MR) is 59.5 cm³/mol. The molecule has 11 heteroatoms. The van der Waals surface area contributed by atoms with Crippen LogP contribution >= 0.6 is 0 Å². The molecule has 2 N–H and O–H groups in total. The number of methoxy groups -OCH3 is 1. The summed E-state index contributed by atoms with van der Waals surface area (Å²) in [4.78, 5) is 11.0. The second kappa shape index (κ2) is 8.61. The molecule has 0 bridgehead atoms. The Kier molecular flexibility index (Phi) is 8.71. The fourth-order valence-electron chi connectivity index (χ4n) is 1.79. The van der Waals surface area contributed by atoms with Gasteiger partial charge in [-0.25, -0.2) is 8.42 Å². The Bertz CT molecular complexity index is 416. The standard InChI is InChI=1S/C9H17NO8S.Na/c1-5(11)10-8-7(12)3-6(18-9(8)16-2)4-17-19(13,14)15;/h6-9,12H,3-4H2,1-2H3,(H,10,11)(H,13,14,15);/q;+1/p-1. The largest absolute Gasteiger partial charge is 1.00 e. The van der Waals surface area contributed by atoms with E-state index in [4.69, 9.17) is 9.47 Å². The van der Waals surface area contributed by atoms with E-state index in [-0.39, 0.29) is 41.9 Å². The number of carbonyl (C=O) groups is 1. The number of hydrogen-bond acceptors (Lipinski definition) is 8. The van der Waals surface area contributed by atoms with Crippen LogP contribution in [0.1, 0.15) is 13.3 Å². The molecule has 0 radical (unpaired) electrons. The molecule has 9 nitrogen and oxygen atoms in total. The Hall–Kier alpha value is 0.220. The van der Waals surface area contributed by atoms with Gasteiger partial charge in [0.05, 0.1) is 18.8 Å². The van der Waals surface area contributed by atoms with Crippen LogP contribution in [0.25, 0.3) is 0 Å². The van der Waals surface area contributed by atoms with Gasteiger partial charge in [0.15, 0.2) is 6.29 Å². The van der Waals surface area contributed by atoms with E-state index in [0.29, 0.717) is 0 Å². The predicted octanol–water partition coefficient (Wildman–Crippen LogP) is -4.91. The van der Waals surface area contributed by atoms with Crippen molar-refractivity contribution >= 4 is 16.3 Å². The molecule has 1 saturated heterocycles. The van der Waals surface area contributed by atoms with Crippen LogP contribution < -0.4 is 34.9 Å². The van der Waals surface area contributed by atoms with Gasteiger partial charge in [-0.1, -0.05) is 0 Å². The van der Waals surface area contributed by atoms with E-state index in [1.165, 1.54) is 14.0 Å². The van der Waals surface area contributed by atoms with Crippen molar-refractivity contribution in [2.24, 2.45) is 0 Å². The molecule has 1 aliphatic rings. The summed E-state index contributed by atoms with van der Waals surface area (Å²) in [6.45, 7) is 0.758. The van der Waals surface area contributed by atoms with E-state index >= 15 is 0 Å². The first-order valence-electron chi connectivity index (χ1n) is 5.46. The number of rotatable bonds is 5. The smallest absolute Gasteiger partial charge is 0.726 e. The van der Waals surface area contributed by atoms with E-state index in [1.54, 1.807) is 0 Å². The van der Waals surface area contributed by atoms with Crippen molar-refractivity contribution in [3.8, 4) is 0 Å². The van der Waals surface area contributed by atoms with Crippen molar-refractivity contribution in [2.75, 3.05) is 13.7 Å². The quantitative estimate of drug-likeness (QED) is 0.292. The third-order valence-corrected chi connectivity index (χ3v) is 2.96. The topological polar surface area (TPSA) is 134 Å².